The number of hydrogen-bond donors (Lipinski definition) is 2. The van der Waals surface area contributed by atoms with Crippen molar-refractivity contribution >= 4 is 17.6 Å². The predicted octanol–water partition coefficient (Wildman–Crippen LogP) is 2.42. The molecular formula is C15H11N3O4. The number of nitrogens with one attached hydrogen (secondary N) is 1. The molecule has 0 aliphatic carbocycles. The lowest BCUT2D eigenvalue weighted by Crippen LogP contribution is -2.10. The topological polar surface area (TPSA) is 97.4 Å². The summed E-state index contributed by atoms with van der Waals surface area (Å²) in [6, 6.07) is 9.84. The number of furan rings is 1. The summed E-state index contributed by atoms with van der Waals surface area (Å²) < 4.78 is 6.30. The Labute approximate surface area is 124 Å². The first-order valence-corrected chi connectivity index (χ1v) is 6.36. The van der Waals surface area contributed by atoms with Gasteiger partial charge in [-0.05, 0) is 36.4 Å². The number of nitrogens with zero attached hydrogens (tertiary/aromatic N) is 2. The molecule has 0 fully saturated rings. The molecule has 2 N–H and O–H groups in total. The zero-order valence-corrected chi connectivity index (χ0v) is 11.3. The van der Waals surface area contributed by atoms with E-state index in [9.17, 15) is 9.59 Å². The van der Waals surface area contributed by atoms with Gasteiger partial charge in [-0.3, -0.25) is 4.79 Å². The molecule has 1 aromatic carbocycles. The standard InChI is InChI=1S/C15H11N3O4/c19-14(10-6-8-22-9-10)16-11-1-3-12(4-2-11)18-7-5-13(17-18)15(20)21/h1-9H,(H,16,19)(H,20,21). The second-order valence-corrected chi connectivity index (χ2v) is 4.46. The fourth-order valence-electron chi connectivity index (χ4n) is 1.88. The number of hydrogen-bond acceptors (Lipinski definition) is 4. The van der Waals surface area contributed by atoms with E-state index in [0.29, 0.717) is 16.9 Å². The lowest BCUT2D eigenvalue weighted by molar-refractivity contribution is 0.0689. The van der Waals surface area contributed by atoms with Crippen molar-refractivity contribution in [1.29, 1.82) is 0 Å². The number of rotatable bonds is 4. The fourth-order valence-corrected chi connectivity index (χ4v) is 1.88. The molecular weight excluding hydrogens is 286 g/mol. The number of anilines is 1. The normalized spacial score (nSPS) is 10.4. The highest BCUT2D eigenvalue weighted by molar-refractivity contribution is 6.04. The summed E-state index contributed by atoms with van der Waals surface area (Å²) in [5, 5.41) is 15.5. The maximum absolute atomic E-state index is 11.9. The first-order chi connectivity index (χ1) is 10.6. The second-order valence-electron chi connectivity index (χ2n) is 4.46. The summed E-state index contributed by atoms with van der Waals surface area (Å²) in [5.74, 6) is -1.35. The molecule has 110 valence electrons. The largest absolute Gasteiger partial charge is 0.476 e. The Morgan fingerprint density at radius 2 is 1.91 bits per heavy atom. The molecule has 7 heteroatoms. The van der Waals surface area contributed by atoms with E-state index in [1.54, 1.807) is 36.5 Å². The first-order valence-electron chi connectivity index (χ1n) is 6.36. The minimum atomic E-state index is -1.08. The van der Waals surface area contributed by atoms with E-state index in [1.165, 1.54) is 23.3 Å². The maximum Gasteiger partial charge on any atom is 0.356 e. The lowest BCUT2D eigenvalue weighted by Gasteiger charge is -2.05. The van der Waals surface area contributed by atoms with Gasteiger partial charge < -0.3 is 14.8 Å². The van der Waals surface area contributed by atoms with Crippen LogP contribution in [0.4, 0.5) is 5.69 Å². The number of benzene rings is 1. The third kappa shape index (κ3) is 2.73. The average Bonchev–Trinajstić information content (AvgIpc) is 3.20. The van der Waals surface area contributed by atoms with Crippen molar-refractivity contribution < 1.29 is 19.1 Å². The SMILES string of the molecule is O=C(Nc1ccc(-n2ccc(C(=O)O)n2)cc1)c1ccoc1. The van der Waals surface area contributed by atoms with Gasteiger partial charge >= 0.3 is 5.97 Å². The Bertz CT molecular complexity index is 804. The van der Waals surface area contributed by atoms with Gasteiger partial charge in [0.05, 0.1) is 17.5 Å². The first kappa shape index (κ1) is 13.6. The Morgan fingerprint density at radius 3 is 2.50 bits per heavy atom. The molecule has 2 heterocycles. The van der Waals surface area contributed by atoms with Crippen LogP contribution in [0.5, 0.6) is 0 Å². The van der Waals surface area contributed by atoms with Gasteiger partial charge in [-0.15, -0.1) is 0 Å². The van der Waals surface area contributed by atoms with Crippen LogP contribution >= 0.6 is 0 Å². The number of carbonyl (C=O) groups is 2. The molecule has 3 aromatic rings. The van der Waals surface area contributed by atoms with Crippen LogP contribution in [0.25, 0.3) is 5.69 Å². The molecule has 7 nitrogen and oxygen atoms in total. The van der Waals surface area contributed by atoms with E-state index in [1.807, 2.05) is 0 Å². The molecule has 0 saturated heterocycles. The molecule has 0 saturated carbocycles. The Hall–Kier alpha value is -3.35. The van der Waals surface area contributed by atoms with Crippen LogP contribution in [-0.2, 0) is 0 Å². The van der Waals surface area contributed by atoms with Crippen molar-refractivity contribution in [2.24, 2.45) is 0 Å². The van der Waals surface area contributed by atoms with E-state index in [4.69, 9.17) is 9.52 Å². The highest BCUT2D eigenvalue weighted by Crippen LogP contribution is 2.14. The van der Waals surface area contributed by atoms with E-state index in [0.717, 1.165) is 0 Å². The number of carboxylic acid groups (broad SMARTS) is 1. The molecule has 0 atom stereocenters. The fraction of sp³-hybridized carbons (Fsp3) is 0. The van der Waals surface area contributed by atoms with E-state index in [2.05, 4.69) is 10.4 Å². The van der Waals surface area contributed by atoms with Crippen molar-refractivity contribution in [3.8, 4) is 5.69 Å². The van der Waals surface area contributed by atoms with Crippen LogP contribution < -0.4 is 5.32 Å². The summed E-state index contributed by atoms with van der Waals surface area (Å²) in [7, 11) is 0. The Balaban J connectivity index is 1.74. The van der Waals surface area contributed by atoms with Gasteiger partial charge in [0.1, 0.15) is 6.26 Å². The highest BCUT2D eigenvalue weighted by Gasteiger charge is 2.09. The number of aromatic nitrogens is 2. The third-order valence-electron chi connectivity index (χ3n) is 2.98. The molecule has 22 heavy (non-hydrogen) atoms. The van der Waals surface area contributed by atoms with Crippen LogP contribution in [0, 0.1) is 0 Å². The van der Waals surface area contributed by atoms with Crippen LogP contribution in [-0.4, -0.2) is 26.8 Å². The minimum Gasteiger partial charge on any atom is -0.476 e. The van der Waals surface area contributed by atoms with Crippen molar-refractivity contribution in [3.05, 3.63) is 66.4 Å². The van der Waals surface area contributed by atoms with E-state index in [-0.39, 0.29) is 11.6 Å². The van der Waals surface area contributed by atoms with Gasteiger partial charge in [0, 0.05) is 11.9 Å². The summed E-state index contributed by atoms with van der Waals surface area (Å²) >= 11 is 0. The number of aromatic carboxylic acids is 1. The van der Waals surface area contributed by atoms with Crippen LogP contribution in [0.1, 0.15) is 20.8 Å². The zero-order chi connectivity index (χ0) is 15.5. The van der Waals surface area contributed by atoms with Crippen molar-refractivity contribution in [2.45, 2.75) is 0 Å². The lowest BCUT2D eigenvalue weighted by atomic mass is 10.2. The van der Waals surface area contributed by atoms with E-state index < -0.39 is 5.97 Å². The van der Waals surface area contributed by atoms with Crippen molar-refractivity contribution in [1.82, 2.24) is 9.78 Å². The predicted molar refractivity (Wildman–Crippen MR) is 77.2 cm³/mol. The average molecular weight is 297 g/mol. The summed E-state index contributed by atoms with van der Waals surface area (Å²) in [6.45, 7) is 0. The van der Waals surface area contributed by atoms with Crippen molar-refractivity contribution in [3.63, 3.8) is 0 Å². The third-order valence-corrected chi connectivity index (χ3v) is 2.98. The molecule has 0 unspecified atom stereocenters. The molecule has 0 spiro atoms. The molecule has 0 aliphatic rings. The number of amides is 1. The van der Waals surface area contributed by atoms with Crippen LogP contribution in [0.2, 0.25) is 0 Å². The Morgan fingerprint density at radius 1 is 1.14 bits per heavy atom. The van der Waals surface area contributed by atoms with Gasteiger partial charge in [0.15, 0.2) is 5.69 Å². The molecule has 0 aliphatic heterocycles. The molecule has 3 rings (SSSR count). The van der Waals surface area contributed by atoms with E-state index >= 15 is 0 Å². The maximum atomic E-state index is 11.9. The molecule has 0 radical (unpaired) electrons. The van der Waals surface area contributed by atoms with Gasteiger partial charge in [-0.1, -0.05) is 0 Å². The second kappa shape index (κ2) is 5.57. The molecule has 2 aromatic heterocycles. The summed E-state index contributed by atoms with van der Waals surface area (Å²) in [6.07, 6.45) is 4.35. The van der Waals surface area contributed by atoms with Crippen molar-refractivity contribution in [2.75, 3.05) is 5.32 Å². The summed E-state index contributed by atoms with van der Waals surface area (Å²) in [5.41, 5.74) is 1.70. The van der Waals surface area contributed by atoms with Crippen LogP contribution in [0.3, 0.4) is 0 Å². The minimum absolute atomic E-state index is 0.0302. The monoisotopic (exact) mass is 297 g/mol. The van der Waals surface area contributed by atoms with Gasteiger partial charge in [0.25, 0.3) is 5.91 Å². The van der Waals surface area contributed by atoms with Gasteiger partial charge in [-0.2, -0.15) is 5.10 Å². The number of carboxylic acids is 1. The quantitative estimate of drug-likeness (QED) is 0.770. The van der Waals surface area contributed by atoms with Crippen LogP contribution in [0.15, 0.2) is 59.5 Å². The number of carbonyl (C=O) groups excluding carboxylic acids is 1. The molecule has 0 bridgehead atoms. The Kier molecular flexibility index (Phi) is 3.45. The summed E-state index contributed by atoms with van der Waals surface area (Å²) in [4.78, 5) is 22.7. The van der Waals surface area contributed by atoms with Gasteiger partial charge in [-0.25, -0.2) is 9.48 Å². The smallest absolute Gasteiger partial charge is 0.356 e. The van der Waals surface area contributed by atoms with Gasteiger partial charge in [0.2, 0.25) is 0 Å². The molecule has 1 amide bonds. The zero-order valence-electron chi connectivity index (χ0n) is 11.3. The highest BCUT2D eigenvalue weighted by atomic mass is 16.4.